The number of nitrogens with zero attached hydrogens (tertiary/aromatic N) is 1. The Morgan fingerprint density at radius 3 is 2.67 bits per heavy atom. The molecule has 0 atom stereocenters. The predicted octanol–water partition coefficient (Wildman–Crippen LogP) is 4.53. The Bertz CT molecular complexity index is 736. The second-order valence-corrected chi connectivity index (χ2v) is 5.13. The van der Waals surface area contributed by atoms with Crippen molar-refractivity contribution in [2.75, 3.05) is 6.61 Å². The molecule has 3 heteroatoms. The third kappa shape index (κ3) is 3.99. The first kappa shape index (κ1) is 14.9. The summed E-state index contributed by atoms with van der Waals surface area (Å²) in [7, 11) is 0. The summed E-state index contributed by atoms with van der Waals surface area (Å²) in [6, 6.07) is 17.3. The lowest BCUT2D eigenvalue weighted by atomic mass is 10.0. The van der Waals surface area contributed by atoms with E-state index < -0.39 is 0 Å². The maximum atomic E-state index is 9.37. The maximum absolute atomic E-state index is 9.37. The van der Waals surface area contributed by atoms with E-state index in [0.29, 0.717) is 11.3 Å². The molecule has 2 aromatic carbocycles. The summed E-state index contributed by atoms with van der Waals surface area (Å²) in [6.45, 7) is 0.190. The number of ether oxygens (including phenoxy) is 1. The van der Waals surface area contributed by atoms with Crippen LogP contribution in [0.2, 0.25) is 0 Å². The van der Waals surface area contributed by atoms with Crippen LogP contribution in [-0.2, 0) is 0 Å². The van der Waals surface area contributed by atoms with Gasteiger partial charge in [0.15, 0.2) is 0 Å². The summed E-state index contributed by atoms with van der Waals surface area (Å²) in [5, 5.41) is 9.37. The predicted molar refractivity (Wildman–Crippen MR) is 88.4 cm³/mol. The fourth-order valence-corrected chi connectivity index (χ4v) is 2.22. The fourth-order valence-electron chi connectivity index (χ4n) is 1.84. The molecule has 0 amide bonds. The minimum atomic E-state index is 0.190. The molecule has 0 aliphatic heterocycles. The van der Waals surface area contributed by atoms with Gasteiger partial charge in [0.1, 0.15) is 12.4 Å². The first-order chi connectivity index (χ1) is 10.2. The first-order valence-corrected chi connectivity index (χ1v) is 7.07. The minimum absolute atomic E-state index is 0.190. The highest BCUT2D eigenvalue weighted by Crippen LogP contribution is 2.27. The molecule has 0 radical (unpaired) electrons. The zero-order valence-corrected chi connectivity index (χ0v) is 12.8. The number of benzene rings is 2. The molecular weight excluding hydrogens is 326 g/mol. The Hall–Kier alpha value is -2.49. The zero-order valence-electron chi connectivity index (χ0n) is 11.2. The van der Waals surface area contributed by atoms with Crippen LogP contribution in [0.5, 0.6) is 5.75 Å². The van der Waals surface area contributed by atoms with Crippen LogP contribution in [0.3, 0.4) is 0 Å². The van der Waals surface area contributed by atoms with Crippen LogP contribution in [0.15, 0.2) is 53.0 Å². The van der Waals surface area contributed by atoms with Crippen molar-refractivity contribution in [2.45, 2.75) is 0 Å². The molecule has 0 aromatic heterocycles. The number of nitriles is 1. The first-order valence-electron chi connectivity index (χ1n) is 6.27. The van der Waals surface area contributed by atoms with E-state index in [4.69, 9.17) is 11.2 Å². The van der Waals surface area contributed by atoms with Crippen molar-refractivity contribution in [3.8, 4) is 24.2 Å². The molecule has 2 nitrogen and oxygen atoms in total. The van der Waals surface area contributed by atoms with E-state index in [1.54, 1.807) is 6.08 Å². The van der Waals surface area contributed by atoms with Gasteiger partial charge in [-0.2, -0.15) is 5.26 Å². The Morgan fingerprint density at radius 2 is 2.00 bits per heavy atom. The largest absolute Gasteiger partial charge is 0.480 e. The number of allylic oxidation sites excluding steroid dienone is 1. The topological polar surface area (TPSA) is 33.0 Å². The Morgan fingerprint density at radius 1 is 1.24 bits per heavy atom. The molecule has 0 fully saturated rings. The molecule has 0 heterocycles. The number of halogens is 1. The highest BCUT2D eigenvalue weighted by Gasteiger charge is 2.06. The van der Waals surface area contributed by atoms with Crippen LogP contribution < -0.4 is 4.74 Å². The van der Waals surface area contributed by atoms with Crippen molar-refractivity contribution in [1.29, 1.82) is 5.26 Å². The van der Waals surface area contributed by atoms with Gasteiger partial charge in [-0.15, -0.1) is 6.42 Å². The van der Waals surface area contributed by atoms with E-state index in [-0.39, 0.29) is 6.61 Å². The van der Waals surface area contributed by atoms with Crippen LogP contribution in [0, 0.1) is 23.7 Å². The molecule has 0 N–H and O–H groups in total. The summed E-state index contributed by atoms with van der Waals surface area (Å²) in [4.78, 5) is 0. The van der Waals surface area contributed by atoms with Crippen molar-refractivity contribution in [3.63, 3.8) is 0 Å². The average molecular weight is 338 g/mol. The van der Waals surface area contributed by atoms with Crippen LogP contribution in [0.1, 0.15) is 11.1 Å². The monoisotopic (exact) mass is 337 g/mol. The molecule has 0 bridgehead atoms. The van der Waals surface area contributed by atoms with Crippen molar-refractivity contribution in [2.24, 2.45) is 0 Å². The molecule has 2 aromatic rings. The summed E-state index contributed by atoms with van der Waals surface area (Å²) >= 11 is 3.42. The number of terminal acetylenes is 1. The lowest BCUT2D eigenvalue weighted by Crippen LogP contribution is -1.95. The molecular formula is C18H12BrNO. The highest BCUT2D eigenvalue weighted by atomic mass is 79.9. The molecule has 0 aliphatic rings. The van der Waals surface area contributed by atoms with Crippen molar-refractivity contribution < 1.29 is 4.74 Å². The van der Waals surface area contributed by atoms with E-state index in [0.717, 1.165) is 15.6 Å². The SMILES string of the molecule is C#CCOc1ccc(Br)cc1/C=C(\C#N)c1ccccc1. The van der Waals surface area contributed by atoms with Crippen LogP contribution in [0.25, 0.3) is 11.6 Å². The third-order valence-corrected chi connectivity index (χ3v) is 3.28. The van der Waals surface area contributed by atoms with Crippen molar-refractivity contribution >= 4 is 27.6 Å². The molecule has 0 aliphatic carbocycles. The lowest BCUT2D eigenvalue weighted by molar-refractivity contribution is 0.369. The Kier molecular flexibility index (Phi) is 5.21. The molecule has 0 spiro atoms. The van der Waals surface area contributed by atoms with E-state index in [2.05, 4.69) is 27.9 Å². The molecule has 21 heavy (non-hydrogen) atoms. The summed E-state index contributed by atoms with van der Waals surface area (Å²) in [5.74, 6) is 3.09. The lowest BCUT2D eigenvalue weighted by Gasteiger charge is -2.08. The van der Waals surface area contributed by atoms with E-state index in [9.17, 15) is 5.26 Å². The second-order valence-electron chi connectivity index (χ2n) is 4.21. The molecule has 102 valence electrons. The van der Waals surface area contributed by atoms with Gasteiger partial charge in [-0.25, -0.2) is 0 Å². The van der Waals surface area contributed by atoms with Gasteiger partial charge in [0.2, 0.25) is 0 Å². The Balaban J connectivity index is 2.45. The molecule has 2 rings (SSSR count). The van der Waals surface area contributed by atoms with E-state index in [1.807, 2.05) is 48.5 Å². The molecule has 0 unspecified atom stereocenters. The van der Waals surface area contributed by atoms with Crippen molar-refractivity contribution in [3.05, 3.63) is 64.1 Å². The van der Waals surface area contributed by atoms with E-state index in [1.165, 1.54) is 0 Å². The van der Waals surface area contributed by atoms with Gasteiger partial charge >= 0.3 is 0 Å². The number of hydrogen-bond donors (Lipinski definition) is 0. The summed E-state index contributed by atoms with van der Waals surface area (Å²) in [5.41, 5.74) is 2.24. The van der Waals surface area contributed by atoms with Gasteiger partial charge < -0.3 is 4.74 Å². The minimum Gasteiger partial charge on any atom is -0.480 e. The van der Waals surface area contributed by atoms with Crippen LogP contribution in [-0.4, -0.2) is 6.61 Å². The maximum Gasteiger partial charge on any atom is 0.148 e. The summed E-state index contributed by atoms with van der Waals surface area (Å²) in [6.07, 6.45) is 7.02. The smallest absolute Gasteiger partial charge is 0.148 e. The summed E-state index contributed by atoms with van der Waals surface area (Å²) < 4.78 is 6.42. The highest BCUT2D eigenvalue weighted by molar-refractivity contribution is 9.10. The Labute approximate surface area is 132 Å². The standard InChI is InChI=1S/C18H12BrNO/c1-2-10-21-18-9-8-17(19)12-15(18)11-16(13-20)14-6-4-3-5-7-14/h1,3-9,11-12H,10H2/b16-11+. The van der Waals surface area contributed by atoms with Crippen molar-refractivity contribution in [1.82, 2.24) is 0 Å². The zero-order chi connectivity index (χ0) is 15.1. The fraction of sp³-hybridized carbons (Fsp3) is 0.0556. The van der Waals surface area contributed by atoms with E-state index >= 15 is 0 Å². The van der Waals surface area contributed by atoms with Crippen LogP contribution in [0.4, 0.5) is 0 Å². The van der Waals surface area contributed by atoms with Gasteiger partial charge in [0, 0.05) is 10.0 Å². The molecule has 0 saturated heterocycles. The average Bonchev–Trinajstić information content (AvgIpc) is 2.52. The molecule has 0 saturated carbocycles. The second kappa shape index (κ2) is 7.33. The van der Waals surface area contributed by atoms with Gasteiger partial charge in [-0.05, 0) is 29.8 Å². The number of hydrogen-bond acceptors (Lipinski definition) is 2. The van der Waals surface area contributed by atoms with Gasteiger partial charge in [-0.3, -0.25) is 0 Å². The van der Waals surface area contributed by atoms with Crippen LogP contribution >= 0.6 is 15.9 Å². The normalized spacial score (nSPS) is 10.5. The number of rotatable bonds is 4. The third-order valence-electron chi connectivity index (χ3n) is 2.79. The quantitative estimate of drug-likeness (QED) is 0.466. The van der Waals surface area contributed by atoms with Gasteiger partial charge in [0.05, 0.1) is 11.6 Å². The van der Waals surface area contributed by atoms with Gasteiger partial charge in [0.25, 0.3) is 0 Å². The van der Waals surface area contributed by atoms with Gasteiger partial charge in [-0.1, -0.05) is 52.2 Å².